The van der Waals surface area contributed by atoms with E-state index < -0.39 is 0 Å². The number of hydrogen-bond acceptors (Lipinski definition) is 3. The van der Waals surface area contributed by atoms with Gasteiger partial charge in [0.2, 0.25) is 0 Å². The first kappa shape index (κ1) is 9.98. The van der Waals surface area contributed by atoms with E-state index >= 15 is 0 Å². The number of nitrogens with zero attached hydrogens (tertiary/aromatic N) is 3. The van der Waals surface area contributed by atoms with Crippen LogP contribution in [0.3, 0.4) is 0 Å². The highest BCUT2D eigenvalue weighted by Gasteiger charge is 2.13. The molecule has 0 aliphatic carbocycles. The van der Waals surface area contributed by atoms with Crippen LogP contribution in [0.4, 0.5) is 5.82 Å². The van der Waals surface area contributed by atoms with Crippen LogP contribution in [-0.2, 0) is 6.54 Å². The molecule has 1 aromatic carbocycles. The lowest BCUT2D eigenvalue weighted by molar-refractivity contribution is 0.633. The van der Waals surface area contributed by atoms with Crippen LogP contribution in [0.2, 0.25) is 5.02 Å². The molecule has 15 heavy (non-hydrogen) atoms. The number of aryl methyl sites for hydroxylation is 1. The molecule has 0 fully saturated rings. The summed E-state index contributed by atoms with van der Waals surface area (Å²) in [5.74, 6) is 0.407. The molecule has 0 saturated carbocycles. The molecule has 0 bridgehead atoms. The summed E-state index contributed by atoms with van der Waals surface area (Å²) in [5, 5.41) is 8.43. The Morgan fingerprint density at radius 1 is 1.40 bits per heavy atom. The van der Waals surface area contributed by atoms with Crippen molar-refractivity contribution in [1.82, 2.24) is 15.0 Å². The number of nitrogens with two attached hydrogens (primary N) is 1. The van der Waals surface area contributed by atoms with Gasteiger partial charge in [-0.15, -0.1) is 5.10 Å². The van der Waals surface area contributed by atoms with Crippen LogP contribution in [0.1, 0.15) is 6.92 Å². The SMILES string of the molecule is CCn1nnc(N)c1-c1ccccc1Cl. The first-order valence-electron chi connectivity index (χ1n) is 4.68. The second-order valence-corrected chi connectivity index (χ2v) is 3.53. The maximum atomic E-state index is 6.09. The van der Waals surface area contributed by atoms with Gasteiger partial charge < -0.3 is 5.73 Å². The van der Waals surface area contributed by atoms with Gasteiger partial charge in [-0.3, -0.25) is 0 Å². The summed E-state index contributed by atoms with van der Waals surface area (Å²) in [5.41, 5.74) is 7.41. The fourth-order valence-electron chi connectivity index (χ4n) is 1.48. The number of nitrogen functional groups attached to an aromatic ring is 1. The minimum absolute atomic E-state index is 0.407. The van der Waals surface area contributed by atoms with Gasteiger partial charge in [-0.25, -0.2) is 4.68 Å². The van der Waals surface area contributed by atoms with Gasteiger partial charge in [0.1, 0.15) is 5.69 Å². The second-order valence-electron chi connectivity index (χ2n) is 3.12. The normalized spacial score (nSPS) is 10.5. The molecule has 0 atom stereocenters. The monoisotopic (exact) mass is 222 g/mol. The number of halogens is 1. The quantitative estimate of drug-likeness (QED) is 0.848. The number of benzene rings is 1. The van der Waals surface area contributed by atoms with Crippen LogP contribution in [-0.4, -0.2) is 15.0 Å². The third-order valence-corrected chi connectivity index (χ3v) is 2.52. The van der Waals surface area contributed by atoms with E-state index in [-0.39, 0.29) is 0 Å². The lowest BCUT2D eigenvalue weighted by Gasteiger charge is -2.05. The van der Waals surface area contributed by atoms with E-state index in [1.54, 1.807) is 4.68 Å². The average molecular weight is 223 g/mol. The van der Waals surface area contributed by atoms with Crippen LogP contribution in [0.25, 0.3) is 11.3 Å². The predicted octanol–water partition coefficient (Wildman–Crippen LogP) is 2.20. The standard InChI is InChI=1S/C10H11ClN4/c1-2-15-9(10(12)13-14-15)7-5-3-4-6-8(7)11/h3-6H,2,12H2,1H3. The van der Waals surface area contributed by atoms with Crippen molar-refractivity contribution in [3.63, 3.8) is 0 Å². The van der Waals surface area contributed by atoms with Crippen molar-refractivity contribution < 1.29 is 0 Å². The summed E-state index contributed by atoms with van der Waals surface area (Å²) in [4.78, 5) is 0. The largest absolute Gasteiger partial charge is 0.380 e. The highest BCUT2D eigenvalue weighted by Crippen LogP contribution is 2.30. The number of anilines is 1. The Labute approximate surface area is 92.7 Å². The summed E-state index contributed by atoms with van der Waals surface area (Å²) in [6, 6.07) is 7.52. The van der Waals surface area contributed by atoms with Gasteiger partial charge in [-0.1, -0.05) is 35.0 Å². The van der Waals surface area contributed by atoms with E-state index in [0.717, 1.165) is 11.3 Å². The van der Waals surface area contributed by atoms with Crippen LogP contribution in [0.15, 0.2) is 24.3 Å². The summed E-state index contributed by atoms with van der Waals surface area (Å²) < 4.78 is 1.73. The lowest BCUT2D eigenvalue weighted by Crippen LogP contribution is -2.00. The van der Waals surface area contributed by atoms with Crippen molar-refractivity contribution in [2.75, 3.05) is 5.73 Å². The van der Waals surface area contributed by atoms with Crippen LogP contribution < -0.4 is 5.73 Å². The molecule has 0 radical (unpaired) electrons. The Bertz CT molecular complexity index is 478. The van der Waals surface area contributed by atoms with E-state index in [0.29, 0.717) is 17.4 Å². The van der Waals surface area contributed by atoms with E-state index in [1.165, 1.54) is 0 Å². The van der Waals surface area contributed by atoms with Crippen molar-refractivity contribution in [2.24, 2.45) is 0 Å². The van der Waals surface area contributed by atoms with E-state index in [4.69, 9.17) is 17.3 Å². The van der Waals surface area contributed by atoms with Gasteiger partial charge in [0.15, 0.2) is 5.82 Å². The van der Waals surface area contributed by atoms with Gasteiger partial charge in [0, 0.05) is 12.1 Å². The van der Waals surface area contributed by atoms with Crippen molar-refractivity contribution in [1.29, 1.82) is 0 Å². The Morgan fingerprint density at radius 2 is 2.13 bits per heavy atom. The first-order valence-corrected chi connectivity index (χ1v) is 5.05. The topological polar surface area (TPSA) is 56.7 Å². The molecule has 78 valence electrons. The molecule has 0 unspecified atom stereocenters. The van der Waals surface area contributed by atoms with E-state index in [9.17, 15) is 0 Å². The van der Waals surface area contributed by atoms with Crippen molar-refractivity contribution in [3.05, 3.63) is 29.3 Å². The first-order chi connectivity index (χ1) is 7.24. The van der Waals surface area contributed by atoms with Gasteiger partial charge in [-0.2, -0.15) is 0 Å². The third kappa shape index (κ3) is 1.68. The molecule has 0 spiro atoms. The van der Waals surface area contributed by atoms with Crippen LogP contribution in [0.5, 0.6) is 0 Å². The third-order valence-electron chi connectivity index (χ3n) is 2.19. The summed E-state index contributed by atoms with van der Waals surface area (Å²) in [7, 11) is 0. The van der Waals surface area contributed by atoms with Crippen molar-refractivity contribution in [3.8, 4) is 11.3 Å². The van der Waals surface area contributed by atoms with E-state index in [2.05, 4.69) is 10.3 Å². The summed E-state index contributed by atoms with van der Waals surface area (Å²) >= 11 is 6.09. The van der Waals surface area contributed by atoms with Crippen LogP contribution in [0, 0.1) is 0 Å². The number of aromatic nitrogens is 3. The summed E-state index contributed by atoms with van der Waals surface area (Å²) in [6.07, 6.45) is 0. The molecule has 2 N–H and O–H groups in total. The maximum Gasteiger partial charge on any atom is 0.174 e. The molecular weight excluding hydrogens is 212 g/mol. The highest BCUT2D eigenvalue weighted by atomic mass is 35.5. The molecule has 4 nitrogen and oxygen atoms in total. The molecule has 5 heteroatoms. The fourth-order valence-corrected chi connectivity index (χ4v) is 1.70. The lowest BCUT2D eigenvalue weighted by atomic mass is 10.1. The Balaban J connectivity index is 2.63. The molecular formula is C10H11ClN4. The molecule has 0 amide bonds. The zero-order chi connectivity index (χ0) is 10.8. The number of hydrogen-bond donors (Lipinski definition) is 1. The van der Waals surface area contributed by atoms with Gasteiger partial charge >= 0.3 is 0 Å². The Kier molecular flexibility index (Phi) is 2.60. The van der Waals surface area contributed by atoms with Crippen molar-refractivity contribution in [2.45, 2.75) is 13.5 Å². The summed E-state index contributed by atoms with van der Waals surface area (Å²) in [6.45, 7) is 2.69. The second kappa shape index (κ2) is 3.90. The minimum Gasteiger partial charge on any atom is -0.380 e. The predicted molar refractivity (Wildman–Crippen MR) is 60.6 cm³/mol. The van der Waals surface area contributed by atoms with Crippen LogP contribution >= 0.6 is 11.6 Å². The Morgan fingerprint density at radius 3 is 2.80 bits per heavy atom. The zero-order valence-electron chi connectivity index (χ0n) is 8.31. The fraction of sp³-hybridized carbons (Fsp3) is 0.200. The van der Waals surface area contributed by atoms with E-state index in [1.807, 2.05) is 31.2 Å². The molecule has 0 aliphatic rings. The highest BCUT2D eigenvalue weighted by molar-refractivity contribution is 6.33. The zero-order valence-corrected chi connectivity index (χ0v) is 9.07. The van der Waals surface area contributed by atoms with Crippen molar-refractivity contribution >= 4 is 17.4 Å². The van der Waals surface area contributed by atoms with Gasteiger partial charge in [0.05, 0.1) is 5.02 Å². The molecule has 1 aromatic heterocycles. The molecule has 2 aromatic rings. The molecule has 1 heterocycles. The molecule has 2 rings (SSSR count). The number of rotatable bonds is 2. The smallest absolute Gasteiger partial charge is 0.174 e. The minimum atomic E-state index is 0.407. The Hall–Kier alpha value is -1.55. The maximum absolute atomic E-state index is 6.09. The molecule has 0 aliphatic heterocycles. The van der Waals surface area contributed by atoms with Gasteiger partial charge in [0.25, 0.3) is 0 Å². The van der Waals surface area contributed by atoms with Gasteiger partial charge in [-0.05, 0) is 13.0 Å². The average Bonchev–Trinajstić information content (AvgIpc) is 2.60. The molecule has 0 saturated heterocycles.